The highest BCUT2D eigenvalue weighted by Gasteiger charge is 2.27. The maximum atomic E-state index is 9.07. The molecule has 0 spiro atoms. The molecular weight excluding hydrogens is 200 g/mol. The van der Waals surface area contributed by atoms with Crippen LogP contribution in [0.4, 0.5) is 0 Å². The Labute approximate surface area is 82.1 Å². The fourth-order valence-electron chi connectivity index (χ4n) is 0.671. The van der Waals surface area contributed by atoms with Crippen molar-refractivity contribution < 1.29 is 20.4 Å². The Morgan fingerprint density at radius 3 is 1.25 bits per heavy atom. The monoisotopic (exact) mass is 214 g/mol. The van der Waals surface area contributed by atoms with Crippen LogP contribution in [0.1, 0.15) is 0 Å². The molecule has 4 N–H and O–H groups in total. The Balaban J connectivity index is 3.99. The van der Waals surface area contributed by atoms with Crippen LogP contribution in [0.15, 0.2) is 0 Å². The van der Waals surface area contributed by atoms with E-state index in [-0.39, 0.29) is 0 Å². The van der Waals surface area contributed by atoms with Crippen LogP contribution in [0.5, 0.6) is 0 Å². The van der Waals surface area contributed by atoms with E-state index in [0.717, 1.165) is 0 Å². The van der Waals surface area contributed by atoms with Gasteiger partial charge in [0.1, 0.15) is 0 Å². The zero-order valence-electron chi connectivity index (χ0n) is 6.41. The molecule has 74 valence electrons. The predicted molar refractivity (Wildman–Crippen MR) is 51.7 cm³/mol. The smallest absolute Gasteiger partial charge is 0.0898 e. The highest BCUT2D eigenvalue weighted by Crippen LogP contribution is 2.16. The van der Waals surface area contributed by atoms with Crippen LogP contribution in [0.3, 0.4) is 0 Å². The first-order valence-electron chi connectivity index (χ1n) is 3.48. The van der Waals surface area contributed by atoms with Gasteiger partial charge in [-0.1, -0.05) is 0 Å². The summed E-state index contributed by atoms with van der Waals surface area (Å²) in [6, 6.07) is 0. The van der Waals surface area contributed by atoms with Crippen LogP contribution in [0.25, 0.3) is 0 Å². The average Bonchev–Trinajstić information content (AvgIpc) is 2.12. The van der Waals surface area contributed by atoms with E-state index in [0.29, 0.717) is 0 Å². The van der Waals surface area contributed by atoms with Gasteiger partial charge in [-0.2, -0.15) is 25.3 Å². The van der Waals surface area contributed by atoms with Crippen molar-refractivity contribution in [1.82, 2.24) is 0 Å². The molecule has 0 heterocycles. The van der Waals surface area contributed by atoms with Crippen LogP contribution in [0.2, 0.25) is 0 Å². The third kappa shape index (κ3) is 3.51. The summed E-state index contributed by atoms with van der Waals surface area (Å²) in [5.74, 6) is 0. The van der Waals surface area contributed by atoms with Gasteiger partial charge in [0.2, 0.25) is 0 Å². The van der Waals surface area contributed by atoms with Gasteiger partial charge in [-0.3, -0.25) is 0 Å². The Hall–Kier alpha value is 0.540. The highest BCUT2D eigenvalue weighted by molar-refractivity contribution is 7.85. The van der Waals surface area contributed by atoms with Crippen molar-refractivity contribution in [3.05, 3.63) is 0 Å². The van der Waals surface area contributed by atoms with Crippen LogP contribution >= 0.6 is 25.3 Å². The van der Waals surface area contributed by atoms with Crippen molar-refractivity contribution in [1.29, 1.82) is 0 Å². The summed E-state index contributed by atoms with van der Waals surface area (Å²) in [7, 11) is 0. The summed E-state index contributed by atoms with van der Waals surface area (Å²) in [5.41, 5.74) is 0. The summed E-state index contributed by atoms with van der Waals surface area (Å²) in [4.78, 5) is 0. The number of aliphatic hydroxyl groups is 4. The largest absolute Gasteiger partial charge is 0.394 e. The summed E-state index contributed by atoms with van der Waals surface area (Å²) in [5, 5.41) is 33.9. The molecule has 4 atom stereocenters. The third-order valence-electron chi connectivity index (χ3n) is 1.51. The molecular formula is C6H14O4S2. The van der Waals surface area contributed by atoms with Gasteiger partial charge in [0.05, 0.1) is 25.4 Å². The van der Waals surface area contributed by atoms with Crippen molar-refractivity contribution >= 4 is 25.3 Å². The summed E-state index contributed by atoms with van der Waals surface area (Å²) < 4.78 is 0. The number of hydrogen-bond donors (Lipinski definition) is 6. The molecule has 0 rings (SSSR count). The Morgan fingerprint density at radius 1 is 0.833 bits per heavy atom. The maximum Gasteiger partial charge on any atom is 0.0898 e. The molecule has 0 bridgehead atoms. The molecule has 0 amide bonds. The van der Waals surface area contributed by atoms with Gasteiger partial charge in [-0.25, -0.2) is 0 Å². The van der Waals surface area contributed by atoms with Crippen LogP contribution in [-0.4, -0.2) is 56.3 Å². The second kappa shape index (κ2) is 6.06. The molecule has 0 aliphatic carbocycles. The minimum atomic E-state index is -1.04. The predicted octanol–water partition coefficient (Wildman–Crippen LogP) is -1.71. The lowest BCUT2D eigenvalue weighted by atomic mass is 10.1. The zero-order chi connectivity index (χ0) is 9.72. The van der Waals surface area contributed by atoms with Gasteiger partial charge in [-0.05, 0) is 0 Å². The molecule has 0 aromatic rings. The summed E-state index contributed by atoms with van der Waals surface area (Å²) >= 11 is 7.87. The molecule has 4 unspecified atom stereocenters. The fourth-order valence-corrected chi connectivity index (χ4v) is 1.26. The van der Waals surface area contributed by atoms with Crippen molar-refractivity contribution in [3.63, 3.8) is 0 Å². The maximum absolute atomic E-state index is 9.07. The van der Waals surface area contributed by atoms with Crippen molar-refractivity contribution in [2.75, 3.05) is 13.2 Å². The Bertz CT molecular complexity index is 110. The Kier molecular flexibility index (Phi) is 6.34. The normalized spacial score (nSPS) is 21.5. The molecule has 0 aliphatic heterocycles. The van der Waals surface area contributed by atoms with Crippen molar-refractivity contribution in [2.24, 2.45) is 0 Å². The number of hydrogen-bond acceptors (Lipinski definition) is 6. The molecule has 0 aromatic carbocycles. The number of thiol groups is 2. The van der Waals surface area contributed by atoms with E-state index in [1.165, 1.54) is 0 Å². The van der Waals surface area contributed by atoms with Crippen LogP contribution < -0.4 is 0 Å². The molecule has 4 nitrogen and oxygen atoms in total. The van der Waals surface area contributed by atoms with Crippen LogP contribution in [-0.2, 0) is 0 Å². The molecule has 6 heteroatoms. The summed E-state index contributed by atoms with van der Waals surface area (Å²) in [6.45, 7) is -0.882. The number of aliphatic hydroxyl groups excluding tert-OH is 4. The van der Waals surface area contributed by atoms with E-state index in [2.05, 4.69) is 25.3 Å². The lowest BCUT2D eigenvalue weighted by molar-refractivity contribution is 0.0582. The SMILES string of the molecule is OCC(O)C(S)C(S)C(O)CO. The second-order valence-electron chi connectivity index (χ2n) is 2.48. The first-order valence-corrected chi connectivity index (χ1v) is 4.51. The lowest BCUT2D eigenvalue weighted by Crippen LogP contribution is -2.40. The molecule has 0 fully saturated rings. The minimum absolute atomic E-state index is 0.441. The van der Waals surface area contributed by atoms with Gasteiger partial charge < -0.3 is 20.4 Å². The third-order valence-corrected chi connectivity index (χ3v) is 3.08. The lowest BCUT2D eigenvalue weighted by Gasteiger charge is -2.25. The molecule has 0 saturated heterocycles. The minimum Gasteiger partial charge on any atom is -0.394 e. The Morgan fingerprint density at radius 2 is 1.08 bits per heavy atom. The topological polar surface area (TPSA) is 80.9 Å². The zero-order valence-corrected chi connectivity index (χ0v) is 8.20. The van der Waals surface area contributed by atoms with Crippen molar-refractivity contribution in [3.8, 4) is 0 Å². The molecule has 0 aromatic heterocycles. The van der Waals surface area contributed by atoms with E-state index < -0.39 is 35.9 Å². The van der Waals surface area contributed by atoms with Gasteiger partial charge in [0.25, 0.3) is 0 Å². The van der Waals surface area contributed by atoms with E-state index >= 15 is 0 Å². The average molecular weight is 214 g/mol. The standard InChI is InChI=1S/C6H14O4S2/c7-1-3(9)5(11)6(12)4(10)2-8/h3-12H,1-2H2. The second-order valence-corrected chi connectivity index (χ2v) is 3.67. The molecule has 12 heavy (non-hydrogen) atoms. The van der Waals surface area contributed by atoms with E-state index in [4.69, 9.17) is 20.4 Å². The molecule has 0 radical (unpaired) electrons. The quantitative estimate of drug-likeness (QED) is 0.308. The fraction of sp³-hybridized carbons (Fsp3) is 1.00. The van der Waals surface area contributed by atoms with Gasteiger partial charge >= 0.3 is 0 Å². The van der Waals surface area contributed by atoms with Crippen LogP contribution in [0, 0.1) is 0 Å². The summed E-state index contributed by atoms with van der Waals surface area (Å²) in [6.07, 6.45) is -2.09. The van der Waals surface area contributed by atoms with E-state index in [9.17, 15) is 0 Å². The van der Waals surface area contributed by atoms with Crippen molar-refractivity contribution in [2.45, 2.75) is 22.7 Å². The first kappa shape index (κ1) is 12.5. The number of rotatable bonds is 5. The molecule has 0 aliphatic rings. The highest BCUT2D eigenvalue weighted by atomic mass is 32.1. The first-order chi connectivity index (χ1) is 5.54. The van der Waals surface area contributed by atoms with E-state index in [1.807, 2.05) is 0 Å². The van der Waals surface area contributed by atoms with Gasteiger partial charge in [0, 0.05) is 10.5 Å². The van der Waals surface area contributed by atoms with E-state index in [1.54, 1.807) is 0 Å². The molecule has 0 saturated carbocycles. The van der Waals surface area contributed by atoms with Gasteiger partial charge in [0.15, 0.2) is 0 Å². The van der Waals surface area contributed by atoms with Gasteiger partial charge in [-0.15, -0.1) is 0 Å².